The van der Waals surface area contributed by atoms with E-state index in [1.807, 2.05) is 43.3 Å². The van der Waals surface area contributed by atoms with Gasteiger partial charge in [-0.05, 0) is 43.0 Å². The standard InChI is InChI=1S/C17H19NO2S/c1-3-20-14-9-7-8-13(12-14)17(19)18-15-10-5-6-11-16(15)21-4-2/h5-12H,3-4H2,1-2H3,(H,18,19). The Morgan fingerprint density at radius 2 is 1.95 bits per heavy atom. The van der Waals surface area contributed by atoms with E-state index in [-0.39, 0.29) is 5.91 Å². The smallest absolute Gasteiger partial charge is 0.255 e. The Hall–Kier alpha value is -1.94. The Balaban J connectivity index is 2.16. The van der Waals surface area contributed by atoms with Gasteiger partial charge in [0.2, 0.25) is 0 Å². The first-order valence-electron chi connectivity index (χ1n) is 7.00. The molecule has 0 heterocycles. The van der Waals surface area contributed by atoms with Crippen molar-refractivity contribution >= 4 is 23.4 Å². The van der Waals surface area contributed by atoms with Gasteiger partial charge in [-0.25, -0.2) is 0 Å². The van der Waals surface area contributed by atoms with Gasteiger partial charge in [-0.1, -0.05) is 25.1 Å². The van der Waals surface area contributed by atoms with Crippen LogP contribution in [-0.2, 0) is 0 Å². The quantitative estimate of drug-likeness (QED) is 0.801. The fraction of sp³-hybridized carbons (Fsp3) is 0.235. The van der Waals surface area contributed by atoms with Crippen LogP contribution in [0, 0.1) is 0 Å². The molecule has 0 atom stereocenters. The van der Waals surface area contributed by atoms with Crippen LogP contribution in [0.1, 0.15) is 24.2 Å². The Bertz CT molecular complexity index is 613. The molecule has 0 aromatic heterocycles. The Labute approximate surface area is 129 Å². The normalized spacial score (nSPS) is 10.2. The number of benzene rings is 2. The first kappa shape index (κ1) is 15.4. The molecular formula is C17H19NO2S. The highest BCUT2D eigenvalue weighted by Gasteiger charge is 2.09. The summed E-state index contributed by atoms with van der Waals surface area (Å²) in [5.41, 5.74) is 1.44. The number of nitrogens with one attached hydrogen (secondary N) is 1. The number of carbonyl (C=O) groups is 1. The molecule has 3 nitrogen and oxygen atoms in total. The van der Waals surface area contributed by atoms with Crippen molar-refractivity contribution in [3.05, 3.63) is 54.1 Å². The molecule has 0 fully saturated rings. The van der Waals surface area contributed by atoms with Gasteiger partial charge < -0.3 is 10.1 Å². The summed E-state index contributed by atoms with van der Waals surface area (Å²) in [6.45, 7) is 4.60. The van der Waals surface area contributed by atoms with E-state index in [4.69, 9.17) is 4.74 Å². The average molecular weight is 301 g/mol. The van der Waals surface area contributed by atoms with Gasteiger partial charge in [0.25, 0.3) is 5.91 Å². The van der Waals surface area contributed by atoms with Crippen LogP contribution in [0.5, 0.6) is 5.75 Å². The zero-order valence-corrected chi connectivity index (χ0v) is 13.1. The third-order valence-electron chi connectivity index (χ3n) is 2.84. The van der Waals surface area contributed by atoms with Crippen molar-refractivity contribution in [2.24, 2.45) is 0 Å². The summed E-state index contributed by atoms with van der Waals surface area (Å²) in [7, 11) is 0. The lowest BCUT2D eigenvalue weighted by atomic mass is 10.2. The molecule has 110 valence electrons. The lowest BCUT2D eigenvalue weighted by Gasteiger charge is -2.11. The molecule has 21 heavy (non-hydrogen) atoms. The van der Waals surface area contributed by atoms with E-state index in [9.17, 15) is 4.79 Å². The van der Waals surface area contributed by atoms with Crippen LogP contribution < -0.4 is 10.1 Å². The van der Waals surface area contributed by atoms with Crippen molar-refractivity contribution in [3.8, 4) is 5.75 Å². The van der Waals surface area contributed by atoms with E-state index >= 15 is 0 Å². The molecule has 2 rings (SSSR count). The van der Waals surface area contributed by atoms with E-state index in [0.717, 1.165) is 16.3 Å². The van der Waals surface area contributed by atoms with Gasteiger partial charge in [0, 0.05) is 10.5 Å². The SMILES string of the molecule is CCOc1cccc(C(=O)Nc2ccccc2SCC)c1. The number of anilines is 1. The highest BCUT2D eigenvalue weighted by atomic mass is 32.2. The second-order valence-electron chi connectivity index (χ2n) is 4.34. The van der Waals surface area contributed by atoms with E-state index in [2.05, 4.69) is 12.2 Å². The second-order valence-corrected chi connectivity index (χ2v) is 5.65. The predicted molar refractivity (Wildman–Crippen MR) is 88.4 cm³/mol. The number of ether oxygens (including phenoxy) is 1. The molecule has 0 bridgehead atoms. The van der Waals surface area contributed by atoms with Gasteiger partial charge in [0.05, 0.1) is 12.3 Å². The molecule has 0 spiro atoms. The zero-order valence-electron chi connectivity index (χ0n) is 12.3. The number of rotatable bonds is 6. The van der Waals surface area contributed by atoms with Crippen LogP contribution >= 0.6 is 11.8 Å². The third kappa shape index (κ3) is 4.26. The number of hydrogen-bond acceptors (Lipinski definition) is 3. The Morgan fingerprint density at radius 3 is 2.71 bits per heavy atom. The van der Waals surface area contributed by atoms with Crippen molar-refractivity contribution in [1.82, 2.24) is 0 Å². The molecule has 0 aliphatic heterocycles. The minimum absolute atomic E-state index is 0.124. The molecule has 2 aromatic rings. The van der Waals surface area contributed by atoms with Crippen LogP contribution in [0.2, 0.25) is 0 Å². The minimum atomic E-state index is -0.124. The topological polar surface area (TPSA) is 38.3 Å². The fourth-order valence-electron chi connectivity index (χ4n) is 1.94. The molecule has 4 heteroatoms. The molecule has 0 saturated heterocycles. The van der Waals surface area contributed by atoms with Crippen molar-refractivity contribution < 1.29 is 9.53 Å². The number of para-hydroxylation sites is 1. The molecule has 1 N–H and O–H groups in total. The summed E-state index contributed by atoms with van der Waals surface area (Å²) in [5, 5.41) is 2.97. The van der Waals surface area contributed by atoms with Gasteiger partial charge in [0.15, 0.2) is 0 Å². The maximum atomic E-state index is 12.4. The Morgan fingerprint density at radius 1 is 1.14 bits per heavy atom. The summed E-state index contributed by atoms with van der Waals surface area (Å²) in [6.07, 6.45) is 0. The monoisotopic (exact) mass is 301 g/mol. The number of amides is 1. The Kier molecular flexibility index (Phi) is 5.69. The lowest BCUT2D eigenvalue weighted by molar-refractivity contribution is 0.102. The first-order valence-corrected chi connectivity index (χ1v) is 7.99. The molecule has 0 aliphatic carbocycles. The van der Waals surface area contributed by atoms with Gasteiger partial charge in [-0.2, -0.15) is 0 Å². The van der Waals surface area contributed by atoms with Crippen LogP contribution in [0.25, 0.3) is 0 Å². The van der Waals surface area contributed by atoms with Crippen LogP contribution in [-0.4, -0.2) is 18.3 Å². The van der Waals surface area contributed by atoms with Crippen LogP contribution in [0.15, 0.2) is 53.4 Å². The van der Waals surface area contributed by atoms with Crippen molar-refractivity contribution in [2.45, 2.75) is 18.7 Å². The van der Waals surface area contributed by atoms with E-state index < -0.39 is 0 Å². The lowest BCUT2D eigenvalue weighted by Crippen LogP contribution is -2.12. The molecule has 0 saturated carbocycles. The molecular weight excluding hydrogens is 282 g/mol. The minimum Gasteiger partial charge on any atom is -0.494 e. The maximum Gasteiger partial charge on any atom is 0.255 e. The van der Waals surface area contributed by atoms with E-state index in [0.29, 0.717) is 17.9 Å². The fourth-order valence-corrected chi connectivity index (χ4v) is 2.70. The van der Waals surface area contributed by atoms with Gasteiger partial charge >= 0.3 is 0 Å². The van der Waals surface area contributed by atoms with Gasteiger partial charge in [-0.15, -0.1) is 11.8 Å². The van der Waals surface area contributed by atoms with Gasteiger partial charge in [-0.3, -0.25) is 4.79 Å². The largest absolute Gasteiger partial charge is 0.494 e. The number of hydrogen-bond donors (Lipinski definition) is 1. The number of carbonyl (C=O) groups excluding carboxylic acids is 1. The van der Waals surface area contributed by atoms with Crippen LogP contribution in [0.4, 0.5) is 5.69 Å². The second kappa shape index (κ2) is 7.74. The molecule has 2 aromatic carbocycles. The number of thioether (sulfide) groups is 1. The summed E-state index contributed by atoms with van der Waals surface area (Å²) < 4.78 is 5.43. The molecule has 0 unspecified atom stereocenters. The van der Waals surface area contributed by atoms with Gasteiger partial charge in [0.1, 0.15) is 5.75 Å². The van der Waals surface area contributed by atoms with Crippen molar-refractivity contribution in [3.63, 3.8) is 0 Å². The highest BCUT2D eigenvalue weighted by molar-refractivity contribution is 7.99. The van der Waals surface area contributed by atoms with Crippen molar-refractivity contribution in [2.75, 3.05) is 17.7 Å². The molecule has 1 amide bonds. The first-order chi connectivity index (χ1) is 10.2. The maximum absolute atomic E-state index is 12.4. The molecule has 0 radical (unpaired) electrons. The average Bonchev–Trinajstić information content (AvgIpc) is 2.50. The summed E-state index contributed by atoms with van der Waals surface area (Å²) in [4.78, 5) is 13.4. The zero-order chi connectivity index (χ0) is 15.1. The highest BCUT2D eigenvalue weighted by Crippen LogP contribution is 2.27. The van der Waals surface area contributed by atoms with Crippen LogP contribution in [0.3, 0.4) is 0 Å². The van der Waals surface area contributed by atoms with Crippen molar-refractivity contribution in [1.29, 1.82) is 0 Å². The molecule has 0 aliphatic rings. The summed E-state index contributed by atoms with van der Waals surface area (Å²) >= 11 is 1.71. The predicted octanol–water partition coefficient (Wildman–Crippen LogP) is 4.45. The van der Waals surface area contributed by atoms with E-state index in [1.54, 1.807) is 23.9 Å². The summed E-state index contributed by atoms with van der Waals surface area (Å²) in [5.74, 6) is 1.55. The summed E-state index contributed by atoms with van der Waals surface area (Å²) in [6, 6.07) is 15.0. The third-order valence-corrected chi connectivity index (χ3v) is 3.80. The van der Waals surface area contributed by atoms with E-state index in [1.165, 1.54) is 0 Å².